The molecule has 0 radical (unpaired) electrons. The van der Waals surface area contributed by atoms with Gasteiger partial charge in [-0.15, -0.1) is 0 Å². The molecule has 0 bridgehead atoms. The minimum atomic E-state index is 0.241. The van der Waals surface area contributed by atoms with Crippen LogP contribution in [-0.2, 0) is 0 Å². The monoisotopic (exact) mass is 478 g/mol. The summed E-state index contributed by atoms with van der Waals surface area (Å²) in [4.78, 5) is 17.2. The van der Waals surface area contributed by atoms with Crippen molar-refractivity contribution in [2.75, 3.05) is 43.4 Å². The number of rotatable bonds is 6. The van der Waals surface area contributed by atoms with Gasteiger partial charge in [0.15, 0.2) is 5.82 Å². The third kappa shape index (κ3) is 4.28. The molecule has 3 aromatic heterocycles. The van der Waals surface area contributed by atoms with E-state index in [1.807, 2.05) is 31.2 Å². The zero-order valence-corrected chi connectivity index (χ0v) is 20.0. The minimum absolute atomic E-state index is 0.241. The number of nitrogens with zero attached hydrogens (tertiary/aromatic N) is 5. The lowest BCUT2D eigenvalue weighted by Crippen LogP contribution is -2.44. The number of anilines is 3. The first-order valence-electron chi connectivity index (χ1n) is 11.6. The molecule has 4 aromatic rings. The number of halogens is 1. The van der Waals surface area contributed by atoms with Crippen molar-refractivity contribution in [1.82, 2.24) is 30.0 Å². The number of hydrogen-bond donors (Lipinski definition) is 3. The van der Waals surface area contributed by atoms with E-state index in [9.17, 15) is 0 Å². The molecule has 1 aliphatic carbocycles. The van der Waals surface area contributed by atoms with E-state index in [4.69, 9.17) is 21.3 Å². The Labute approximate surface area is 202 Å². The van der Waals surface area contributed by atoms with E-state index in [-0.39, 0.29) is 6.01 Å². The number of nitrogens with one attached hydrogen (secondary N) is 3. The van der Waals surface area contributed by atoms with E-state index in [0.717, 1.165) is 60.1 Å². The Kier molecular flexibility index (Phi) is 5.30. The molecule has 1 aliphatic heterocycles. The molecule has 4 heterocycles. The van der Waals surface area contributed by atoms with Crippen LogP contribution in [0.1, 0.15) is 30.1 Å². The van der Waals surface area contributed by atoms with Crippen LogP contribution in [-0.4, -0.2) is 63.3 Å². The van der Waals surface area contributed by atoms with Crippen molar-refractivity contribution in [2.45, 2.75) is 25.7 Å². The molecule has 9 nitrogen and oxygen atoms in total. The van der Waals surface area contributed by atoms with Crippen molar-refractivity contribution in [2.24, 2.45) is 0 Å². The summed E-state index contributed by atoms with van der Waals surface area (Å²) < 4.78 is 6.14. The summed E-state index contributed by atoms with van der Waals surface area (Å²) in [5.74, 6) is 3.29. The van der Waals surface area contributed by atoms with E-state index in [0.29, 0.717) is 22.5 Å². The maximum Gasteiger partial charge on any atom is 0.325 e. The Hall–Kier alpha value is -3.30. The van der Waals surface area contributed by atoms with Crippen LogP contribution in [0.25, 0.3) is 10.9 Å². The first-order chi connectivity index (χ1) is 16.5. The van der Waals surface area contributed by atoms with Gasteiger partial charge in [-0.05, 0) is 45.0 Å². The number of ether oxygens (including phenoxy) is 1. The molecule has 0 unspecified atom stereocenters. The molecule has 1 saturated carbocycles. The summed E-state index contributed by atoms with van der Waals surface area (Å²) in [6, 6.07) is 10.0. The van der Waals surface area contributed by atoms with Crippen LogP contribution < -0.4 is 15.0 Å². The molecule has 3 N–H and O–H groups in total. The van der Waals surface area contributed by atoms with Gasteiger partial charge in [-0.3, -0.25) is 5.10 Å². The number of aryl methyl sites for hydroxylation is 1. The lowest BCUT2D eigenvalue weighted by Gasteiger charge is -2.33. The van der Waals surface area contributed by atoms with E-state index in [1.165, 1.54) is 12.8 Å². The third-order valence-corrected chi connectivity index (χ3v) is 6.82. The molecule has 1 saturated heterocycles. The third-order valence-electron chi connectivity index (χ3n) is 6.43. The topological polar surface area (TPSA) is 98.0 Å². The molecular formula is C24H27ClN8O. The van der Waals surface area contributed by atoms with Crippen molar-refractivity contribution in [3.63, 3.8) is 0 Å². The highest BCUT2D eigenvalue weighted by molar-refractivity contribution is 6.37. The molecule has 0 spiro atoms. The number of aromatic nitrogens is 5. The molecule has 0 amide bonds. The van der Waals surface area contributed by atoms with Crippen molar-refractivity contribution < 1.29 is 4.74 Å². The van der Waals surface area contributed by atoms with Gasteiger partial charge in [0.2, 0.25) is 0 Å². The second kappa shape index (κ2) is 8.48. The second-order valence-electron chi connectivity index (χ2n) is 9.19. The van der Waals surface area contributed by atoms with Gasteiger partial charge >= 0.3 is 6.01 Å². The van der Waals surface area contributed by atoms with Crippen LogP contribution >= 0.6 is 11.6 Å². The SMILES string of the molecule is Cc1cc2c(Cl)c(Oc3nc(Nc4cc(C5CC5)[nH]n4)cc(N4CCN(C)CC4)n3)ccc2[nH]1. The predicted octanol–water partition coefficient (Wildman–Crippen LogP) is 4.81. The first kappa shape index (κ1) is 21.2. The Morgan fingerprint density at radius 3 is 2.68 bits per heavy atom. The van der Waals surface area contributed by atoms with Gasteiger partial charge in [-0.1, -0.05) is 11.6 Å². The van der Waals surface area contributed by atoms with Gasteiger partial charge < -0.3 is 24.8 Å². The highest BCUT2D eigenvalue weighted by Crippen LogP contribution is 2.40. The summed E-state index contributed by atoms with van der Waals surface area (Å²) in [5.41, 5.74) is 3.17. The van der Waals surface area contributed by atoms with Crippen molar-refractivity contribution >= 4 is 40.0 Å². The lowest BCUT2D eigenvalue weighted by molar-refractivity contribution is 0.311. The average molecular weight is 479 g/mol. The number of aromatic amines is 2. The number of piperazine rings is 1. The van der Waals surface area contributed by atoms with E-state index >= 15 is 0 Å². The van der Waals surface area contributed by atoms with Crippen LogP contribution in [0.15, 0.2) is 30.3 Å². The second-order valence-corrected chi connectivity index (χ2v) is 9.56. The van der Waals surface area contributed by atoms with Gasteiger partial charge in [0, 0.05) is 66.5 Å². The van der Waals surface area contributed by atoms with E-state index < -0.39 is 0 Å². The summed E-state index contributed by atoms with van der Waals surface area (Å²) >= 11 is 6.67. The molecule has 176 valence electrons. The van der Waals surface area contributed by atoms with Gasteiger partial charge in [0.25, 0.3) is 0 Å². The Morgan fingerprint density at radius 1 is 1.06 bits per heavy atom. The van der Waals surface area contributed by atoms with Crippen LogP contribution in [0.4, 0.5) is 17.5 Å². The highest BCUT2D eigenvalue weighted by atomic mass is 35.5. The molecule has 34 heavy (non-hydrogen) atoms. The minimum Gasteiger partial charge on any atom is -0.423 e. The standard InChI is InChI=1S/C24H27ClN8O/c1-14-11-16-17(26-14)5-6-19(23(16)25)34-24-28-20(27-21-12-18(30-31-21)15-3-4-15)13-22(29-24)33-9-7-32(2)8-10-33/h5-6,11-13,15,26H,3-4,7-10H2,1-2H3,(H2,27,28,29,30,31). The first-order valence-corrected chi connectivity index (χ1v) is 12.0. The quantitative estimate of drug-likeness (QED) is 0.366. The molecular weight excluding hydrogens is 452 g/mol. The smallest absolute Gasteiger partial charge is 0.325 e. The summed E-state index contributed by atoms with van der Waals surface area (Å²) in [7, 11) is 2.13. The molecule has 2 aliphatic rings. The molecule has 2 fully saturated rings. The number of hydrogen-bond acceptors (Lipinski definition) is 7. The van der Waals surface area contributed by atoms with Crippen molar-refractivity contribution in [3.05, 3.63) is 46.7 Å². The van der Waals surface area contributed by atoms with E-state index in [2.05, 4.69) is 48.4 Å². The fourth-order valence-corrected chi connectivity index (χ4v) is 4.58. The molecule has 1 aromatic carbocycles. The number of H-pyrrole nitrogens is 2. The Balaban J connectivity index is 1.32. The molecule has 6 rings (SSSR count). The van der Waals surface area contributed by atoms with Gasteiger partial charge in [0.05, 0.1) is 5.02 Å². The summed E-state index contributed by atoms with van der Waals surface area (Å²) in [5, 5.41) is 12.3. The highest BCUT2D eigenvalue weighted by Gasteiger charge is 2.26. The van der Waals surface area contributed by atoms with E-state index in [1.54, 1.807) is 0 Å². The largest absolute Gasteiger partial charge is 0.423 e. The zero-order chi connectivity index (χ0) is 23.2. The number of likely N-dealkylation sites (N-methyl/N-ethyl adjacent to an activating group) is 1. The van der Waals surface area contributed by atoms with Gasteiger partial charge in [0.1, 0.15) is 17.4 Å². The van der Waals surface area contributed by atoms with Crippen molar-refractivity contribution in [1.29, 1.82) is 0 Å². The molecule has 10 heteroatoms. The normalized spacial score (nSPS) is 16.9. The van der Waals surface area contributed by atoms with Crippen molar-refractivity contribution in [3.8, 4) is 11.8 Å². The zero-order valence-electron chi connectivity index (χ0n) is 19.2. The van der Waals surface area contributed by atoms with Crippen LogP contribution in [0.2, 0.25) is 5.02 Å². The van der Waals surface area contributed by atoms with Gasteiger partial charge in [-0.2, -0.15) is 15.1 Å². The maximum absolute atomic E-state index is 6.67. The Morgan fingerprint density at radius 2 is 1.88 bits per heavy atom. The fourth-order valence-electron chi connectivity index (χ4n) is 4.32. The summed E-state index contributed by atoms with van der Waals surface area (Å²) in [6.07, 6.45) is 2.43. The average Bonchev–Trinajstić information content (AvgIpc) is 3.45. The lowest BCUT2D eigenvalue weighted by atomic mass is 10.2. The van der Waals surface area contributed by atoms with Crippen LogP contribution in [0.5, 0.6) is 11.8 Å². The van der Waals surface area contributed by atoms with Gasteiger partial charge in [-0.25, -0.2) is 0 Å². The van der Waals surface area contributed by atoms with Crippen LogP contribution in [0, 0.1) is 6.92 Å². The van der Waals surface area contributed by atoms with Crippen LogP contribution in [0.3, 0.4) is 0 Å². The number of benzene rings is 1. The summed E-state index contributed by atoms with van der Waals surface area (Å²) in [6.45, 7) is 5.72. The molecule has 0 atom stereocenters. The Bertz CT molecular complexity index is 1340. The maximum atomic E-state index is 6.67. The fraction of sp³-hybridized carbons (Fsp3) is 0.375. The number of fused-ring (bicyclic) bond motifs is 1. The predicted molar refractivity (Wildman–Crippen MR) is 134 cm³/mol.